The highest BCUT2D eigenvalue weighted by molar-refractivity contribution is 6.34. The van der Waals surface area contributed by atoms with Crippen molar-refractivity contribution in [1.29, 1.82) is 0 Å². The van der Waals surface area contributed by atoms with Gasteiger partial charge in [-0.3, -0.25) is 0 Å². The zero-order valence-electron chi connectivity index (χ0n) is 14.4. The second-order valence-corrected chi connectivity index (χ2v) is 6.48. The number of nitrogens with zero attached hydrogens (tertiary/aromatic N) is 5. The monoisotopic (exact) mass is 375 g/mol. The van der Waals surface area contributed by atoms with Gasteiger partial charge >= 0.3 is 0 Å². The molecule has 1 aliphatic heterocycles. The molecule has 0 aromatic carbocycles. The Morgan fingerprint density at radius 1 is 1.31 bits per heavy atom. The van der Waals surface area contributed by atoms with Gasteiger partial charge in [-0.05, 0) is 26.2 Å². The van der Waals surface area contributed by atoms with E-state index in [0.717, 1.165) is 31.6 Å². The van der Waals surface area contributed by atoms with Crippen LogP contribution >= 0.6 is 11.6 Å². The average molecular weight is 376 g/mol. The Balaban J connectivity index is 1.83. The molecule has 1 unspecified atom stereocenters. The van der Waals surface area contributed by atoms with Gasteiger partial charge in [0.2, 0.25) is 5.88 Å². The van der Waals surface area contributed by atoms with Crippen LogP contribution in [-0.4, -0.2) is 43.6 Å². The van der Waals surface area contributed by atoms with Crippen molar-refractivity contribution in [2.75, 3.05) is 13.7 Å². The topological polar surface area (TPSA) is 95.2 Å². The predicted molar refractivity (Wildman–Crippen MR) is 95.4 cm³/mol. The Bertz CT molecular complexity index is 969. The van der Waals surface area contributed by atoms with Crippen molar-refractivity contribution in [3.8, 4) is 23.0 Å². The number of rotatable bonds is 3. The van der Waals surface area contributed by atoms with E-state index in [-0.39, 0.29) is 17.3 Å². The molecule has 1 N–H and O–H groups in total. The molecule has 0 radical (unpaired) electrons. The summed E-state index contributed by atoms with van der Waals surface area (Å²) in [4.78, 5) is 12.8. The lowest BCUT2D eigenvalue weighted by molar-refractivity contribution is -0.0406. The zero-order chi connectivity index (χ0) is 18.3. The van der Waals surface area contributed by atoms with Gasteiger partial charge in [0, 0.05) is 12.3 Å². The first kappa shape index (κ1) is 17.0. The largest absolute Gasteiger partial charge is 0.494 e. The lowest BCUT2D eigenvalue weighted by atomic mass is 10.2. The molecule has 1 aliphatic rings. The second kappa shape index (κ2) is 6.69. The summed E-state index contributed by atoms with van der Waals surface area (Å²) in [5.41, 5.74) is 1.90. The first-order chi connectivity index (χ1) is 12.6. The summed E-state index contributed by atoms with van der Waals surface area (Å²) >= 11 is 6.18. The molecule has 1 atom stereocenters. The van der Waals surface area contributed by atoms with Crippen LogP contribution in [0.4, 0.5) is 0 Å². The number of methoxy groups -OCH3 is 1. The van der Waals surface area contributed by atoms with E-state index in [1.807, 2.05) is 11.6 Å². The minimum Gasteiger partial charge on any atom is -0.494 e. The zero-order valence-corrected chi connectivity index (χ0v) is 15.2. The summed E-state index contributed by atoms with van der Waals surface area (Å²) in [7, 11) is 1.48. The van der Waals surface area contributed by atoms with E-state index in [2.05, 4.69) is 20.1 Å². The summed E-state index contributed by atoms with van der Waals surface area (Å²) in [6.07, 6.45) is 6.11. The van der Waals surface area contributed by atoms with Gasteiger partial charge in [-0.25, -0.2) is 14.6 Å². The first-order valence-corrected chi connectivity index (χ1v) is 8.73. The predicted octanol–water partition coefficient (Wildman–Crippen LogP) is 3.26. The molecular formula is C17H18ClN5O3. The Hall–Kier alpha value is -2.45. The molecule has 0 spiro atoms. The number of fused-ring (bicyclic) bond motifs is 1. The van der Waals surface area contributed by atoms with E-state index in [4.69, 9.17) is 21.1 Å². The molecular weight excluding hydrogens is 358 g/mol. The van der Waals surface area contributed by atoms with Gasteiger partial charge in [-0.2, -0.15) is 10.1 Å². The molecule has 0 saturated carbocycles. The van der Waals surface area contributed by atoms with Crippen molar-refractivity contribution < 1.29 is 14.6 Å². The number of halogens is 1. The Labute approximate surface area is 154 Å². The third-order valence-corrected chi connectivity index (χ3v) is 4.84. The molecule has 1 fully saturated rings. The van der Waals surface area contributed by atoms with Gasteiger partial charge in [-0.1, -0.05) is 11.6 Å². The first-order valence-electron chi connectivity index (χ1n) is 8.35. The maximum atomic E-state index is 10.4. The van der Waals surface area contributed by atoms with Crippen molar-refractivity contribution in [2.45, 2.75) is 32.4 Å². The van der Waals surface area contributed by atoms with E-state index >= 15 is 0 Å². The number of aromatic nitrogens is 5. The molecule has 26 heavy (non-hydrogen) atoms. The highest BCUT2D eigenvalue weighted by Crippen LogP contribution is 2.36. The molecule has 8 nitrogen and oxygen atoms in total. The maximum absolute atomic E-state index is 10.4. The molecule has 1 saturated heterocycles. The van der Waals surface area contributed by atoms with Crippen LogP contribution in [0.15, 0.2) is 12.4 Å². The lowest BCUT2D eigenvalue weighted by Crippen LogP contribution is -2.20. The van der Waals surface area contributed by atoms with E-state index in [1.165, 1.54) is 13.3 Å². The molecule has 0 aliphatic carbocycles. The Morgan fingerprint density at radius 2 is 2.15 bits per heavy atom. The van der Waals surface area contributed by atoms with Crippen molar-refractivity contribution in [3.05, 3.63) is 23.2 Å². The van der Waals surface area contributed by atoms with Crippen molar-refractivity contribution in [3.63, 3.8) is 0 Å². The highest BCUT2D eigenvalue weighted by Gasteiger charge is 2.23. The van der Waals surface area contributed by atoms with Crippen LogP contribution in [0.3, 0.4) is 0 Å². The molecule has 4 rings (SSSR count). The van der Waals surface area contributed by atoms with Gasteiger partial charge in [-0.15, -0.1) is 0 Å². The SMILES string of the molecule is COc1cnc(Cl)c2nc(-c3cnn(C4CCCCO4)c3C)nc(O)c12. The molecule has 4 heterocycles. The Morgan fingerprint density at radius 3 is 2.88 bits per heavy atom. The highest BCUT2D eigenvalue weighted by atomic mass is 35.5. The summed E-state index contributed by atoms with van der Waals surface area (Å²) < 4.78 is 12.9. The minimum atomic E-state index is -0.216. The van der Waals surface area contributed by atoms with E-state index in [0.29, 0.717) is 28.0 Å². The van der Waals surface area contributed by atoms with Gasteiger partial charge in [0.1, 0.15) is 17.1 Å². The minimum absolute atomic E-state index is 0.0862. The van der Waals surface area contributed by atoms with Crippen molar-refractivity contribution in [1.82, 2.24) is 24.7 Å². The molecule has 136 valence electrons. The van der Waals surface area contributed by atoms with Crippen molar-refractivity contribution >= 4 is 22.5 Å². The number of ether oxygens (including phenoxy) is 2. The standard InChI is InChI=1S/C17H18ClN5O3/c1-9-10(7-20-23(9)12-5-3-4-6-26-12)16-21-14-13(17(24)22-16)11(25-2)8-19-15(14)18/h7-8,12H,3-6H2,1-2H3,(H,21,22,24). The number of hydrogen-bond acceptors (Lipinski definition) is 7. The van der Waals surface area contributed by atoms with E-state index < -0.39 is 0 Å². The molecule has 3 aromatic rings. The normalized spacial score (nSPS) is 17.6. The average Bonchev–Trinajstić information content (AvgIpc) is 3.04. The molecule has 9 heteroatoms. The molecule has 0 amide bonds. The fourth-order valence-corrected chi connectivity index (χ4v) is 3.38. The smallest absolute Gasteiger partial charge is 0.226 e. The molecule has 0 bridgehead atoms. The van der Waals surface area contributed by atoms with Crippen LogP contribution in [-0.2, 0) is 4.74 Å². The van der Waals surface area contributed by atoms with Crippen LogP contribution in [0.25, 0.3) is 22.3 Å². The van der Waals surface area contributed by atoms with Crippen molar-refractivity contribution in [2.24, 2.45) is 0 Å². The van der Waals surface area contributed by atoms with E-state index in [9.17, 15) is 5.11 Å². The fourth-order valence-electron chi connectivity index (χ4n) is 3.19. The summed E-state index contributed by atoms with van der Waals surface area (Å²) in [6.45, 7) is 2.66. The maximum Gasteiger partial charge on any atom is 0.226 e. The number of pyridine rings is 1. The third-order valence-electron chi connectivity index (χ3n) is 4.56. The quantitative estimate of drug-likeness (QED) is 0.702. The second-order valence-electron chi connectivity index (χ2n) is 6.12. The third kappa shape index (κ3) is 2.75. The summed E-state index contributed by atoms with van der Waals surface area (Å²) in [5, 5.41) is 15.4. The van der Waals surface area contributed by atoms with Crippen LogP contribution in [0.2, 0.25) is 5.15 Å². The van der Waals surface area contributed by atoms with Crippen LogP contribution in [0.1, 0.15) is 31.2 Å². The van der Waals surface area contributed by atoms with Gasteiger partial charge in [0.25, 0.3) is 0 Å². The number of hydrogen-bond donors (Lipinski definition) is 1. The Kier molecular flexibility index (Phi) is 4.37. The van der Waals surface area contributed by atoms with E-state index in [1.54, 1.807) is 6.20 Å². The fraction of sp³-hybridized carbons (Fsp3) is 0.412. The molecule has 3 aromatic heterocycles. The van der Waals surface area contributed by atoms with Crippen LogP contribution in [0.5, 0.6) is 11.6 Å². The summed E-state index contributed by atoms with van der Waals surface area (Å²) in [5.74, 6) is 0.468. The lowest BCUT2D eigenvalue weighted by Gasteiger charge is -2.24. The van der Waals surface area contributed by atoms with Gasteiger partial charge in [0.15, 0.2) is 16.7 Å². The van der Waals surface area contributed by atoms with Gasteiger partial charge in [0.05, 0.1) is 25.1 Å². The number of aromatic hydroxyl groups is 1. The van der Waals surface area contributed by atoms with Crippen LogP contribution < -0.4 is 4.74 Å². The van der Waals surface area contributed by atoms with Crippen LogP contribution in [0, 0.1) is 6.92 Å². The van der Waals surface area contributed by atoms with Gasteiger partial charge < -0.3 is 14.6 Å². The summed E-state index contributed by atoms with van der Waals surface area (Å²) in [6, 6.07) is 0.